The number of hydrogen-bond acceptors (Lipinski definition) is 5. The van der Waals surface area contributed by atoms with Crippen LogP contribution in [0.25, 0.3) is 0 Å². The zero-order chi connectivity index (χ0) is 21.2. The number of sulfonamides is 1. The Hall–Kier alpha value is -2.78. The fraction of sp³-hybridized carbons (Fsp3) is 0.350. The molecule has 1 fully saturated rings. The van der Waals surface area contributed by atoms with Crippen molar-refractivity contribution in [1.82, 2.24) is 4.31 Å². The largest absolute Gasteiger partial charge is 0.321 e. The van der Waals surface area contributed by atoms with Crippen LogP contribution in [0.5, 0.6) is 0 Å². The van der Waals surface area contributed by atoms with Gasteiger partial charge in [0.2, 0.25) is 10.0 Å². The van der Waals surface area contributed by atoms with Crippen molar-refractivity contribution in [2.45, 2.75) is 44.0 Å². The standard InChI is InChI=1S/C20H23N3O5S/c1-14-6-3-4-13-22(14)29(27,28)17-11-9-16(10-12-17)20(24)21-18-7-5-8-19(15(18)2)23(25)26/h5,7-12,14H,3-4,6,13H2,1-2H3,(H,21,24)/t14-/m1/s1. The summed E-state index contributed by atoms with van der Waals surface area (Å²) in [4.78, 5) is 23.2. The third kappa shape index (κ3) is 4.30. The second kappa shape index (κ2) is 8.30. The molecule has 0 aliphatic carbocycles. The van der Waals surface area contributed by atoms with Gasteiger partial charge in [-0.3, -0.25) is 14.9 Å². The van der Waals surface area contributed by atoms with Crippen molar-refractivity contribution >= 4 is 27.3 Å². The molecule has 154 valence electrons. The van der Waals surface area contributed by atoms with Crippen LogP contribution >= 0.6 is 0 Å². The van der Waals surface area contributed by atoms with Crippen LogP contribution < -0.4 is 5.32 Å². The lowest BCUT2D eigenvalue weighted by molar-refractivity contribution is -0.385. The molecule has 1 heterocycles. The molecule has 29 heavy (non-hydrogen) atoms. The molecule has 1 N–H and O–H groups in total. The van der Waals surface area contributed by atoms with E-state index in [0.717, 1.165) is 19.3 Å². The Bertz CT molecular complexity index is 1030. The van der Waals surface area contributed by atoms with Gasteiger partial charge in [-0.15, -0.1) is 0 Å². The van der Waals surface area contributed by atoms with Crippen LogP contribution in [0.3, 0.4) is 0 Å². The molecule has 1 aliphatic rings. The van der Waals surface area contributed by atoms with Gasteiger partial charge < -0.3 is 5.32 Å². The topological polar surface area (TPSA) is 110 Å². The Labute approximate surface area is 169 Å². The fourth-order valence-electron chi connectivity index (χ4n) is 3.49. The van der Waals surface area contributed by atoms with Gasteiger partial charge in [0, 0.05) is 24.2 Å². The number of piperidine rings is 1. The maximum Gasteiger partial charge on any atom is 0.274 e. The van der Waals surface area contributed by atoms with E-state index in [0.29, 0.717) is 17.8 Å². The first-order chi connectivity index (χ1) is 13.7. The highest BCUT2D eigenvalue weighted by molar-refractivity contribution is 7.89. The van der Waals surface area contributed by atoms with E-state index in [-0.39, 0.29) is 22.2 Å². The van der Waals surface area contributed by atoms with Gasteiger partial charge in [0.1, 0.15) is 0 Å². The van der Waals surface area contributed by atoms with Crippen molar-refractivity contribution in [3.05, 3.63) is 63.7 Å². The number of carbonyl (C=O) groups excluding carboxylic acids is 1. The summed E-state index contributed by atoms with van der Waals surface area (Å²) >= 11 is 0. The molecule has 1 atom stereocenters. The predicted octanol–water partition coefficient (Wildman–Crippen LogP) is 3.72. The molecule has 0 radical (unpaired) electrons. The summed E-state index contributed by atoms with van der Waals surface area (Å²) < 4.78 is 27.3. The van der Waals surface area contributed by atoms with Crippen molar-refractivity contribution in [3.63, 3.8) is 0 Å². The first-order valence-electron chi connectivity index (χ1n) is 9.39. The minimum Gasteiger partial charge on any atom is -0.321 e. The number of rotatable bonds is 5. The van der Waals surface area contributed by atoms with E-state index in [9.17, 15) is 23.3 Å². The van der Waals surface area contributed by atoms with Crippen LogP contribution in [-0.4, -0.2) is 36.1 Å². The van der Waals surface area contributed by atoms with Gasteiger partial charge in [-0.25, -0.2) is 8.42 Å². The molecule has 1 saturated heterocycles. The van der Waals surface area contributed by atoms with E-state index in [4.69, 9.17) is 0 Å². The Balaban J connectivity index is 1.79. The van der Waals surface area contributed by atoms with E-state index >= 15 is 0 Å². The lowest BCUT2D eigenvalue weighted by atomic mass is 10.1. The summed E-state index contributed by atoms with van der Waals surface area (Å²) in [5, 5.41) is 13.7. The van der Waals surface area contributed by atoms with Crippen molar-refractivity contribution in [2.75, 3.05) is 11.9 Å². The number of nitrogens with one attached hydrogen (secondary N) is 1. The van der Waals surface area contributed by atoms with E-state index in [1.54, 1.807) is 13.0 Å². The second-order valence-electron chi connectivity index (χ2n) is 7.15. The van der Waals surface area contributed by atoms with Crippen LogP contribution in [0.15, 0.2) is 47.4 Å². The SMILES string of the molecule is Cc1c(NC(=O)c2ccc(S(=O)(=O)N3CCCC[C@H]3C)cc2)cccc1[N+](=O)[O-]. The molecule has 0 spiro atoms. The van der Waals surface area contributed by atoms with Gasteiger partial charge >= 0.3 is 0 Å². The Morgan fingerprint density at radius 1 is 1.17 bits per heavy atom. The molecule has 0 unspecified atom stereocenters. The average Bonchev–Trinajstić information content (AvgIpc) is 2.69. The first kappa shape index (κ1) is 20.9. The molecule has 8 nitrogen and oxygen atoms in total. The number of nitro groups is 1. The molecule has 2 aromatic rings. The molecule has 1 amide bonds. The van der Waals surface area contributed by atoms with Crippen molar-refractivity contribution in [2.24, 2.45) is 0 Å². The molecular formula is C20H23N3O5S. The number of hydrogen-bond donors (Lipinski definition) is 1. The molecule has 1 aliphatic heterocycles. The quantitative estimate of drug-likeness (QED) is 0.589. The highest BCUT2D eigenvalue weighted by Crippen LogP contribution is 2.27. The first-order valence-corrected chi connectivity index (χ1v) is 10.8. The van der Waals surface area contributed by atoms with Gasteiger partial charge in [0.05, 0.1) is 21.1 Å². The minimum atomic E-state index is -3.61. The monoisotopic (exact) mass is 417 g/mol. The zero-order valence-corrected chi connectivity index (χ0v) is 17.1. The number of anilines is 1. The third-order valence-corrected chi connectivity index (χ3v) is 7.24. The molecule has 9 heteroatoms. The second-order valence-corrected chi connectivity index (χ2v) is 9.04. The normalized spacial score (nSPS) is 17.7. The summed E-state index contributed by atoms with van der Waals surface area (Å²) in [6, 6.07) is 10.1. The molecule has 3 rings (SSSR count). The Kier molecular flexibility index (Phi) is 5.99. The van der Waals surface area contributed by atoms with E-state index in [2.05, 4.69) is 5.32 Å². The van der Waals surface area contributed by atoms with Gasteiger partial charge in [0.15, 0.2) is 0 Å². The van der Waals surface area contributed by atoms with Gasteiger partial charge in [-0.2, -0.15) is 4.31 Å². The number of nitrogens with zero attached hydrogens (tertiary/aromatic N) is 2. The van der Waals surface area contributed by atoms with Gasteiger partial charge in [-0.1, -0.05) is 12.5 Å². The predicted molar refractivity (Wildman–Crippen MR) is 109 cm³/mol. The van der Waals surface area contributed by atoms with Crippen LogP contribution in [0.2, 0.25) is 0 Å². The number of nitro benzene ring substituents is 1. The average molecular weight is 417 g/mol. The lowest BCUT2D eigenvalue weighted by Crippen LogP contribution is -2.41. The minimum absolute atomic E-state index is 0.0476. The summed E-state index contributed by atoms with van der Waals surface area (Å²) in [6.45, 7) is 3.96. The van der Waals surface area contributed by atoms with Crippen molar-refractivity contribution in [3.8, 4) is 0 Å². The molecule has 0 aromatic heterocycles. The highest BCUT2D eigenvalue weighted by atomic mass is 32.2. The zero-order valence-electron chi connectivity index (χ0n) is 16.3. The van der Waals surface area contributed by atoms with Gasteiger partial charge in [0.25, 0.3) is 11.6 Å². The summed E-state index contributed by atoms with van der Waals surface area (Å²) in [6.07, 6.45) is 2.69. The molecular weight excluding hydrogens is 394 g/mol. The Morgan fingerprint density at radius 2 is 1.86 bits per heavy atom. The number of carbonyl (C=O) groups is 1. The fourth-order valence-corrected chi connectivity index (χ4v) is 5.19. The van der Waals surface area contributed by atoms with E-state index < -0.39 is 20.9 Å². The van der Waals surface area contributed by atoms with Gasteiger partial charge in [-0.05, 0) is 57.0 Å². The van der Waals surface area contributed by atoms with E-state index in [1.165, 1.54) is 40.7 Å². The van der Waals surface area contributed by atoms with Crippen LogP contribution in [-0.2, 0) is 10.0 Å². The van der Waals surface area contributed by atoms with Crippen molar-refractivity contribution < 1.29 is 18.1 Å². The molecule has 0 saturated carbocycles. The lowest BCUT2D eigenvalue weighted by Gasteiger charge is -2.32. The number of benzene rings is 2. The summed E-state index contributed by atoms with van der Waals surface area (Å²) in [5.74, 6) is -0.469. The summed E-state index contributed by atoms with van der Waals surface area (Å²) in [7, 11) is -3.61. The maximum atomic E-state index is 12.9. The van der Waals surface area contributed by atoms with Crippen molar-refractivity contribution in [1.29, 1.82) is 0 Å². The smallest absolute Gasteiger partial charge is 0.274 e. The van der Waals surface area contributed by atoms with Crippen LogP contribution in [0.1, 0.15) is 42.1 Å². The molecule has 2 aromatic carbocycles. The Morgan fingerprint density at radius 3 is 2.48 bits per heavy atom. The molecule has 0 bridgehead atoms. The number of amides is 1. The van der Waals surface area contributed by atoms with Crippen LogP contribution in [0, 0.1) is 17.0 Å². The van der Waals surface area contributed by atoms with E-state index in [1.807, 2.05) is 6.92 Å². The maximum absolute atomic E-state index is 12.9. The summed E-state index contributed by atoms with van der Waals surface area (Å²) in [5.41, 5.74) is 0.869. The third-order valence-electron chi connectivity index (χ3n) is 5.22. The van der Waals surface area contributed by atoms with Crippen LogP contribution in [0.4, 0.5) is 11.4 Å². The highest BCUT2D eigenvalue weighted by Gasteiger charge is 2.31.